The molecule has 2 heterocycles. The number of hydrogen-bond acceptors (Lipinski definition) is 6. The fourth-order valence-electron chi connectivity index (χ4n) is 3.25. The van der Waals surface area contributed by atoms with Crippen molar-refractivity contribution in [1.29, 1.82) is 0 Å². The van der Waals surface area contributed by atoms with Crippen molar-refractivity contribution in [3.63, 3.8) is 0 Å². The fraction of sp³-hybridized carbons (Fsp3) is 0.160. The van der Waals surface area contributed by atoms with Crippen molar-refractivity contribution < 1.29 is 23.5 Å². The van der Waals surface area contributed by atoms with Crippen molar-refractivity contribution >= 4 is 17.6 Å². The molecular weight excluding hydrogens is 422 g/mol. The number of carbonyl (C=O) groups is 2. The summed E-state index contributed by atoms with van der Waals surface area (Å²) in [6.07, 6.45) is 1.68. The first-order valence-electron chi connectivity index (χ1n) is 10.3. The van der Waals surface area contributed by atoms with Gasteiger partial charge in [0.05, 0.1) is 18.4 Å². The molecule has 0 bridgehead atoms. The van der Waals surface area contributed by atoms with Crippen molar-refractivity contribution in [1.82, 2.24) is 9.78 Å². The van der Waals surface area contributed by atoms with E-state index in [9.17, 15) is 9.59 Å². The van der Waals surface area contributed by atoms with Crippen LogP contribution >= 0.6 is 0 Å². The Balaban J connectivity index is 1.61. The number of esters is 1. The number of nitrogens with one attached hydrogen (secondary N) is 1. The minimum absolute atomic E-state index is 0.188. The number of para-hydroxylation sites is 1. The zero-order chi connectivity index (χ0) is 23.4. The van der Waals surface area contributed by atoms with Crippen LogP contribution < -0.4 is 10.1 Å². The minimum Gasteiger partial charge on any atom is -0.482 e. The molecule has 0 aliphatic rings. The van der Waals surface area contributed by atoms with E-state index < -0.39 is 5.97 Å². The van der Waals surface area contributed by atoms with Gasteiger partial charge in [0, 0.05) is 11.9 Å². The van der Waals surface area contributed by atoms with Crippen LogP contribution in [0.4, 0.5) is 5.69 Å². The maximum atomic E-state index is 13.3. The summed E-state index contributed by atoms with van der Waals surface area (Å²) in [4.78, 5) is 24.5. The van der Waals surface area contributed by atoms with E-state index in [1.807, 2.05) is 50.2 Å². The van der Waals surface area contributed by atoms with Gasteiger partial charge in [-0.25, -0.2) is 9.48 Å². The van der Waals surface area contributed by atoms with Gasteiger partial charge in [0.2, 0.25) is 0 Å². The lowest BCUT2D eigenvalue weighted by molar-refractivity contribution is -0.142. The zero-order valence-corrected chi connectivity index (χ0v) is 18.5. The number of aromatic nitrogens is 2. The molecule has 0 radical (unpaired) electrons. The number of nitrogens with zero attached hydrogens (tertiary/aromatic N) is 2. The van der Waals surface area contributed by atoms with Crippen LogP contribution in [0.5, 0.6) is 5.75 Å². The molecule has 33 heavy (non-hydrogen) atoms. The summed E-state index contributed by atoms with van der Waals surface area (Å²) in [7, 11) is 1.30. The standard InChI is InChI=1S/C25H23N3O5/c1-16-13-19(32-15-23(29)31-3)10-11-21(16)26-25(30)20-14-28(18-7-5-4-6-8-18)27-24(20)22-12-9-17(2)33-22/h4-14H,15H2,1-3H3,(H,26,30). The lowest BCUT2D eigenvalue weighted by Gasteiger charge is -2.11. The van der Waals surface area contributed by atoms with Gasteiger partial charge in [-0.1, -0.05) is 18.2 Å². The van der Waals surface area contributed by atoms with Gasteiger partial charge in [-0.2, -0.15) is 5.10 Å². The Hall–Kier alpha value is -4.33. The molecule has 0 unspecified atom stereocenters. The van der Waals surface area contributed by atoms with Gasteiger partial charge in [-0.3, -0.25) is 4.79 Å². The zero-order valence-electron chi connectivity index (χ0n) is 18.5. The van der Waals surface area contributed by atoms with E-state index in [0.29, 0.717) is 28.5 Å². The molecule has 0 aliphatic carbocycles. The second-order valence-corrected chi connectivity index (χ2v) is 7.38. The van der Waals surface area contributed by atoms with E-state index in [2.05, 4.69) is 15.2 Å². The molecule has 0 saturated carbocycles. The lowest BCUT2D eigenvalue weighted by atomic mass is 10.1. The average Bonchev–Trinajstić information content (AvgIpc) is 3.46. The Morgan fingerprint density at radius 2 is 1.85 bits per heavy atom. The van der Waals surface area contributed by atoms with Crippen LogP contribution in [-0.2, 0) is 9.53 Å². The quantitative estimate of drug-likeness (QED) is 0.419. The molecule has 0 fully saturated rings. The molecule has 4 rings (SSSR count). The molecule has 4 aromatic rings. The first kappa shape index (κ1) is 21.9. The second-order valence-electron chi connectivity index (χ2n) is 7.38. The second kappa shape index (κ2) is 9.44. The summed E-state index contributed by atoms with van der Waals surface area (Å²) in [5.41, 5.74) is 3.03. The summed E-state index contributed by atoms with van der Waals surface area (Å²) in [5, 5.41) is 7.54. The summed E-state index contributed by atoms with van der Waals surface area (Å²) >= 11 is 0. The maximum absolute atomic E-state index is 13.3. The highest BCUT2D eigenvalue weighted by atomic mass is 16.6. The summed E-state index contributed by atoms with van der Waals surface area (Å²) in [6.45, 7) is 3.49. The summed E-state index contributed by atoms with van der Waals surface area (Å²) < 4.78 is 17.4. The largest absolute Gasteiger partial charge is 0.482 e. The van der Waals surface area contributed by atoms with Crippen molar-refractivity contribution in [2.24, 2.45) is 0 Å². The number of anilines is 1. The van der Waals surface area contributed by atoms with Crippen LogP contribution in [0.1, 0.15) is 21.7 Å². The van der Waals surface area contributed by atoms with Gasteiger partial charge >= 0.3 is 5.97 Å². The predicted molar refractivity (Wildman–Crippen MR) is 123 cm³/mol. The molecule has 168 valence electrons. The third-order valence-corrected chi connectivity index (χ3v) is 4.98. The number of methoxy groups -OCH3 is 1. The SMILES string of the molecule is COC(=O)COc1ccc(NC(=O)c2cn(-c3ccccc3)nc2-c2ccc(C)o2)c(C)c1. The van der Waals surface area contributed by atoms with Gasteiger partial charge < -0.3 is 19.2 Å². The van der Waals surface area contributed by atoms with Crippen molar-refractivity contribution in [2.45, 2.75) is 13.8 Å². The normalized spacial score (nSPS) is 10.6. The third kappa shape index (κ3) is 4.95. The topological polar surface area (TPSA) is 95.6 Å². The van der Waals surface area contributed by atoms with Crippen molar-refractivity contribution in [3.8, 4) is 22.9 Å². The number of aryl methyl sites for hydroxylation is 2. The van der Waals surface area contributed by atoms with Crippen LogP contribution in [0, 0.1) is 13.8 Å². The monoisotopic (exact) mass is 445 g/mol. The van der Waals surface area contributed by atoms with Gasteiger partial charge in [0.25, 0.3) is 5.91 Å². The fourth-order valence-corrected chi connectivity index (χ4v) is 3.25. The molecule has 1 amide bonds. The molecule has 0 spiro atoms. The highest BCUT2D eigenvalue weighted by molar-refractivity contribution is 6.08. The number of hydrogen-bond donors (Lipinski definition) is 1. The van der Waals surface area contributed by atoms with Crippen LogP contribution in [0.3, 0.4) is 0 Å². The molecule has 8 nitrogen and oxygen atoms in total. The lowest BCUT2D eigenvalue weighted by Crippen LogP contribution is -2.14. The number of carbonyl (C=O) groups excluding carboxylic acids is 2. The molecule has 2 aromatic heterocycles. The highest BCUT2D eigenvalue weighted by Crippen LogP contribution is 2.28. The molecule has 2 aromatic carbocycles. The molecule has 0 aliphatic heterocycles. The Kier molecular flexibility index (Phi) is 6.26. The molecule has 0 saturated heterocycles. The summed E-state index contributed by atoms with van der Waals surface area (Å²) in [6, 6.07) is 18.3. The Morgan fingerprint density at radius 1 is 1.06 bits per heavy atom. The third-order valence-electron chi connectivity index (χ3n) is 4.98. The molecule has 1 N–H and O–H groups in total. The van der Waals surface area contributed by atoms with Crippen LogP contribution in [-0.4, -0.2) is 35.4 Å². The smallest absolute Gasteiger partial charge is 0.343 e. The first-order valence-corrected chi connectivity index (χ1v) is 10.3. The van der Waals surface area contributed by atoms with E-state index in [-0.39, 0.29) is 12.5 Å². The van der Waals surface area contributed by atoms with Crippen LogP contribution in [0.25, 0.3) is 17.1 Å². The maximum Gasteiger partial charge on any atom is 0.343 e. The first-order chi connectivity index (χ1) is 15.9. The van der Waals surface area contributed by atoms with E-state index >= 15 is 0 Å². The van der Waals surface area contributed by atoms with E-state index in [1.54, 1.807) is 35.1 Å². The predicted octanol–water partition coefficient (Wildman–Crippen LogP) is 4.55. The number of furan rings is 1. The molecule has 0 atom stereocenters. The Labute approximate surface area is 190 Å². The van der Waals surface area contributed by atoms with Crippen molar-refractivity contribution in [3.05, 3.63) is 83.7 Å². The Bertz CT molecular complexity index is 1290. The van der Waals surface area contributed by atoms with Crippen LogP contribution in [0.15, 0.2) is 71.3 Å². The average molecular weight is 445 g/mol. The molecular formula is C25H23N3O5. The molecule has 8 heteroatoms. The van der Waals surface area contributed by atoms with Gasteiger partial charge in [-0.05, 0) is 61.9 Å². The van der Waals surface area contributed by atoms with Gasteiger partial charge in [0.1, 0.15) is 17.2 Å². The number of amides is 1. The van der Waals surface area contributed by atoms with E-state index in [0.717, 1.165) is 17.0 Å². The van der Waals surface area contributed by atoms with Gasteiger partial charge in [0.15, 0.2) is 12.4 Å². The van der Waals surface area contributed by atoms with Crippen molar-refractivity contribution in [2.75, 3.05) is 19.0 Å². The highest BCUT2D eigenvalue weighted by Gasteiger charge is 2.21. The number of ether oxygens (including phenoxy) is 2. The number of rotatable bonds is 7. The van der Waals surface area contributed by atoms with E-state index in [4.69, 9.17) is 9.15 Å². The van der Waals surface area contributed by atoms with Crippen LogP contribution in [0.2, 0.25) is 0 Å². The number of benzene rings is 2. The minimum atomic E-state index is -0.471. The van der Waals surface area contributed by atoms with E-state index in [1.165, 1.54) is 7.11 Å². The Morgan fingerprint density at radius 3 is 2.52 bits per heavy atom. The summed E-state index contributed by atoms with van der Waals surface area (Å²) in [5.74, 6) is 0.938. The van der Waals surface area contributed by atoms with Gasteiger partial charge in [-0.15, -0.1) is 0 Å².